The summed E-state index contributed by atoms with van der Waals surface area (Å²) in [6.45, 7) is 2.45. The lowest BCUT2D eigenvalue weighted by Gasteiger charge is -2.17. The molecule has 1 unspecified atom stereocenters. The molecule has 10 nitrogen and oxygen atoms in total. The number of hydrogen-bond acceptors (Lipinski definition) is 7. The van der Waals surface area contributed by atoms with Crippen LogP contribution in [0.5, 0.6) is 11.5 Å². The van der Waals surface area contributed by atoms with E-state index in [1.54, 1.807) is 26.0 Å². The van der Waals surface area contributed by atoms with Gasteiger partial charge in [-0.1, -0.05) is 6.07 Å². The molecule has 2 aromatic carbocycles. The molecule has 4 rings (SSSR count). The lowest BCUT2D eigenvalue weighted by Crippen LogP contribution is -2.30. The fourth-order valence-electron chi connectivity index (χ4n) is 3.92. The molecule has 0 bridgehead atoms. The van der Waals surface area contributed by atoms with Crippen molar-refractivity contribution in [3.63, 3.8) is 0 Å². The monoisotopic (exact) mass is 468 g/mol. The Morgan fingerprint density at radius 3 is 2.68 bits per heavy atom. The molecule has 0 saturated carbocycles. The number of aryl methyl sites for hydroxylation is 1. The molecule has 1 aliphatic rings. The van der Waals surface area contributed by atoms with Crippen molar-refractivity contribution in [3.05, 3.63) is 53.6 Å². The molecule has 11 heteroatoms. The van der Waals surface area contributed by atoms with Gasteiger partial charge in [-0.05, 0) is 59.7 Å². The summed E-state index contributed by atoms with van der Waals surface area (Å²) < 4.78 is 26.1. The van der Waals surface area contributed by atoms with Gasteiger partial charge in [-0.3, -0.25) is 9.59 Å². The summed E-state index contributed by atoms with van der Waals surface area (Å²) in [7, 11) is 3.15. The highest BCUT2D eigenvalue weighted by molar-refractivity contribution is 5.97. The van der Waals surface area contributed by atoms with Crippen LogP contribution in [-0.4, -0.2) is 64.2 Å². The highest BCUT2D eigenvalue weighted by Gasteiger charge is 2.34. The topological polar surface area (TPSA) is 111 Å². The minimum Gasteiger partial charge on any atom is -0.493 e. The average Bonchev–Trinajstić information content (AvgIpc) is 3.43. The molecule has 2 amide bonds. The maximum atomic E-state index is 14.3. The van der Waals surface area contributed by atoms with Crippen LogP contribution in [0.4, 0.5) is 10.1 Å². The van der Waals surface area contributed by atoms with Gasteiger partial charge in [0.1, 0.15) is 11.5 Å². The van der Waals surface area contributed by atoms with Crippen LogP contribution >= 0.6 is 0 Å². The third-order valence-electron chi connectivity index (χ3n) is 5.77. The van der Waals surface area contributed by atoms with Gasteiger partial charge in [-0.2, -0.15) is 4.68 Å². The third-order valence-corrected chi connectivity index (χ3v) is 5.77. The zero-order chi connectivity index (χ0) is 24.2. The van der Waals surface area contributed by atoms with Gasteiger partial charge in [-0.25, -0.2) is 4.39 Å². The largest absolute Gasteiger partial charge is 0.493 e. The number of amides is 2. The lowest BCUT2D eigenvalue weighted by atomic mass is 10.1. The van der Waals surface area contributed by atoms with Gasteiger partial charge in [-0.15, -0.1) is 5.10 Å². The molecule has 1 N–H and O–H groups in total. The van der Waals surface area contributed by atoms with E-state index >= 15 is 0 Å². The molecule has 1 atom stereocenters. The number of benzene rings is 2. The first-order valence-electron chi connectivity index (χ1n) is 10.7. The van der Waals surface area contributed by atoms with Crippen LogP contribution in [0, 0.1) is 18.7 Å². The fraction of sp³-hybridized carbons (Fsp3) is 0.348. The maximum absolute atomic E-state index is 14.3. The standard InChI is InChI=1S/C23H25FN6O4/c1-14-26-27-28-30(14)19-12-17(5-6-18(19)24)25-23(32)16-11-22(31)29(13-16)9-8-15-4-7-20(33-2)21(10-15)34-3/h4-7,10,12,16H,8-9,11,13H2,1-3H3,(H,25,32). The van der Waals surface area contributed by atoms with Gasteiger partial charge >= 0.3 is 0 Å². The first-order valence-corrected chi connectivity index (χ1v) is 10.7. The number of tetrazole rings is 1. The number of carbonyl (C=O) groups is 2. The van der Waals surface area contributed by atoms with Gasteiger partial charge in [0.25, 0.3) is 0 Å². The molecule has 178 valence electrons. The van der Waals surface area contributed by atoms with Crippen molar-refractivity contribution in [1.82, 2.24) is 25.1 Å². The highest BCUT2D eigenvalue weighted by atomic mass is 19.1. The number of aromatic nitrogens is 4. The number of rotatable bonds is 8. The Morgan fingerprint density at radius 2 is 1.97 bits per heavy atom. The zero-order valence-corrected chi connectivity index (χ0v) is 19.1. The number of anilines is 1. The van der Waals surface area contributed by atoms with Crippen LogP contribution < -0.4 is 14.8 Å². The number of hydrogen-bond donors (Lipinski definition) is 1. The minimum absolute atomic E-state index is 0.0789. The van der Waals surface area contributed by atoms with Gasteiger partial charge in [0, 0.05) is 25.2 Å². The molecule has 2 heterocycles. The van der Waals surface area contributed by atoms with Crippen molar-refractivity contribution >= 4 is 17.5 Å². The van der Waals surface area contributed by atoms with Crippen LogP contribution in [0.3, 0.4) is 0 Å². The van der Waals surface area contributed by atoms with E-state index in [-0.39, 0.29) is 23.9 Å². The molecule has 1 aliphatic heterocycles. The summed E-state index contributed by atoms with van der Waals surface area (Å²) in [5, 5.41) is 13.8. The Hall–Kier alpha value is -4.02. The van der Waals surface area contributed by atoms with Crippen LogP contribution in [0.2, 0.25) is 0 Å². The average molecular weight is 468 g/mol. The molecule has 1 aromatic heterocycles. The maximum Gasteiger partial charge on any atom is 0.229 e. The molecule has 3 aromatic rings. The number of halogens is 1. The van der Waals surface area contributed by atoms with Crippen LogP contribution in [0.25, 0.3) is 5.69 Å². The van der Waals surface area contributed by atoms with Crippen molar-refractivity contribution in [3.8, 4) is 17.2 Å². The summed E-state index contributed by atoms with van der Waals surface area (Å²) in [6, 6.07) is 9.78. The summed E-state index contributed by atoms with van der Waals surface area (Å²) in [4.78, 5) is 27.0. The molecule has 34 heavy (non-hydrogen) atoms. The molecule has 0 aliphatic carbocycles. The van der Waals surface area contributed by atoms with E-state index < -0.39 is 11.7 Å². The number of nitrogens with one attached hydrogen (secondary N) is 1. The van der Waals surface area contributed by atoms with Crippen molar-refractivity contribution in [2.24, 2.45) is 5.92 Å². The van der Waals surface area contributed by atoms with Crippen molar-refractivity contribution < 1.29 is 23.5 Å². The second-order valence-corrected chi connectivity index (χ2v) is 7.97. The normalized spacial score (nSPS) is 15.5. The number of carbonyl (C=O) groups excluding carboxylic acids is 2. The highest BCUT2D eigenvalue weighted by Crippen LogP contribution is 2.28. The first kappa shape index (κ1) is 23.1. The Labute approximate surface area is 195 Å². The van der Waals surface area contributed by atoms with E-state index in [4.69, 9.17) is 9.47 Å². The van der Waals surface area contributed by atoms with Crippen LogP contribution in [-0.2, 0) is 16.0 Å². The number of ether oxygens (including phenoxy) is 2. The molecular formula is C23H25FN6O4. The molecule has 1 fully saturated rings. The summed E-state index contributed by atoms with van der Waals surface area (Å²) in [6.07, 6.45) is 0.741. The number of nitrogens with zero attached hydrogens (tertiary/aromatic N) is 5. The van der Waals surface area contributed by atoms with E-state index in [9.17, 15) is 14.0 Å². The summed E-state index contributed by atoms with van der Waals surface area (Å²) in [5.74, 6) is 0.276. The minimum atomic E-state index is -0.522. The van der Waals surface area contributed by atoms with Crippen molar-refractivity contribution in [1.29, 1.82) is 0 Å². The van der Waals surface area contributed by atoms with Crippen molar-refractivity contribution in [2.45, 2.75) is 19.8 Å². The Morgan fingerprint density at radius 1 is 1.18 bits per heavy atom. The van der Waals surface area contributed by atoms with Gasteiger partial charge < -0.3 is 19.7 Å². The molecule has 0 spiro atoms. The van der Waals surface area contributed by atoms with Crippen LogP contribution in [0.15, 0.2) is 36.4 Å². The van der Waals surface area contributed by atoms with E-state index in [1.807, 2.05) is 18.2 Å². The second kappa shape index (κ2) is 9.86. The predicted octanol–water partition coefficient (Wildman–Crippen LogP) is 2.16. The number of likely N-dealkylation sites (tertiary alicyclic amines) is 1. The Balaban J connectivity index is 1.38. The SMILES string of the molecule is COc1ccc(CCN2CC(C(=O)Nc3ccc(F)c(-n4nnnc4C)c3)CC2=O)cc1OC. The third kappa shape index (κ3) is 4.82. The zero-order valence-electron chi connectivity index (χ0n) is 19.1. The van der Waals surface area contributed by atoms with E-state index in [1.165, 1.54) is 22.9 Å². The smallest absolute Gasteiger partial charge is 0.229 e. The number of methoxy groups -OCH3 is 2. The van der Waals surface area contributed by atoms with Gasteiger partial charge in [0.15, 0.2) is 17.3 Å². The van der Waals surface area contributed by atoms with E-state index in [0.29, 0.717) is 42.5 Å². The first-order chi connectivity index (χ1) is 16.4. The molecule has 1 saturated heterocycles. The van der Waals surface area contributed by atoms with Crippen LogP contribution in [0.1, 0.15) is 17.8 Å². The molecular weight excluding hydrogens is 443 g/mol. The second-order valence-electron chi connectivity index (χ2n) is 7.97. The summed E-state index contributed by atoms with van der Waals surface area (Å²) >= 11 is 0. The van der Waals surface area contributed by atoms with Crippen molar-refractivity contribution in [2.75, 3.05) is 32.6 Å². The van der Waals surface area contributed by atoms with Gasteiger partial charge in [0.05, 0.1) is 20.1 Å². The Bertz CT molecular complexity index is 1210. The van der Waals surface area contributed by atoms with E-state index in [2.05, 4.69) is 20.8 Å². The Kier molecular flexibility index (Phi) is 6.71. The fourth-order valence-corrected chi connectivity index (χ4v) is 3.92. The van der Waals surface area contributed by atoms with E-state index in [0.717, 1.165) is 5.56 Å². The quantitative estimate of drug-likeness (QED) is 0.539. The van der Waals surface area contributed by atoms with Gasteiger partial charge in [0.2, 0.25) is 11.8 Å². The lowest BCUT2D eigenvalue weighted by molar-refractivity contribution is -0.128. The summed E-state index contributed by atoms with van der Waals surface area (Å²) in [5.41, 5.74) is 1.52. The molecule has 0 radical (unpaired) electrons. The predicted molar refractivity (Wildman–Crippen MR) is 120 cm³/mol.